The summed E-state index contributed by atoms with van der Waals surface area (Å²) in [7, 11) is 0. The zero-order valence-corrected chi connectivity index (χ0v) is 17.1. The molecule has 3 heterocycles. The number of nitrogens with zero attached hydrogens (tertiary/aromatic N) is 4. The van der Waals surface area contributed by atoms with Crippen molar-refractivity contribution in [1.82, 2.24) is 19.6 Å². The van der Waals surface area contributed by atoms with Gasteiger partial charge in [0.05, 0.1) is 5.69 Å². The fourth-order valence-corrected chi connectivity index (χ4v) is 4.11. The first-order chi connectivity index (χ1) is 14.6. The minimum Gasteiger partial charge on any atom is -0.454 e. The van der Waals surface area contributed by atoms with E-state index in [4.69, 9.17) is 9.47 Å². The van der Waals surface area contributed by atoms with Gasteiger partial charge in [-0.05, 0) is 43.5 Å². The minimum absolute atomic E-state index is 0.0414. The Balaban J connectivity index is 1.19. The lowest BCUT2D eigenvalue weighted by Crippen LogP contribution is -2.50. The number of carbonyl (C=O) groups excluding carboxylic acids is 1. The molecule has 0 spiro atoms. The summed E-state index contributed by atoms with van der Waals surface area (Å²) in [4.78, 5) is 29.5. The molecule has 2 fully saturated rings. The Hall–Kier alpha value is -2.87. The van der Waals surface area contributed by atoms with Crippen molar-refractivity contribution < 1.29 is 14.3 Å². The molecule has 30 heavy (non-hydrogen) atoms. The van der Waals surface area contributed by atoms with Gasteiger partial charge >= 0.3 is 0 Å². The van der Waals surface area contributed by atoms with Gasteiger partial charge in [0.15, 0.2) is 11.5 Å². The Morgan fingerprint density at radius 3 is 2.63 bits per heavy atom. The quantitative estimate of drug-likeness (QED) is 0.748. The molecule has 1 aromatic heterocycles. The number of amides is 1. The predicted molar refractivity (Wildman–Crippen MR) is 110 cm³/mol. The van der Waals surface area contributed by atoms with Gasteiger partial charge < -0.3 is 14.4 Å². The standard InChI is InChI=1S/C22H26N4O4/c1-15(26-21(27)7-5-18(23-26)17-3-4-17)22(28)25-10-8-24(9-11-25)13-16-2-6-19-20(12-16)30-14-29-19/h2,5-7,12,15,17H,3-4,8-11,13-14H2,1H3. The molecule has 5 rings (SSSR count). The first-order valence-electron chi connectivity index (χ1n) is 10.6. The van der Waals surface area contributed by atoms with Gasteiger partial charge in [-0.1, -0.05) is 6.07 Å². The molecule has 0 radical (unpaired) electrons. The number of rotatable bonds is 5. The van der Waals surface area contributed by atoms with Crippen LogP contribution in [0.4, 0.5) is 0 Å². The number of aromatic nitrogens is 2. The van der Waals surface area contributed by atoms with Crippen molar-refractivity contribution in [2.24, 2.45) is 0 Å². The highest BCUT2D eigenvalue weighted by Crippen LogP contribution is 2.38. The number of hydrogen-bond acceptors (Lipinski definition) is 6. The van der Waals surface area contributed by atoms with E-state index >= 15 is 0 Å². The van der Waals surface area contributed by atoms with Crippen molar-refractivity contribution >= 4 is 5.91 Å². The maximum atomic E-state index is 13.0. The molecule has 2 aromatic rings. The van der Waals surface area contributed by atoms with Crippen molar-refractivity contribution in [2.45, 2.75) is 38.3 Å². The van der Waals surface area contributed by atoms with E-state index < -0.39 is 6.04 Å². The third-order valence-electron chi connectivity index (χ3n) is 6.09. The average molecular weight is 410 g/mol. The topological polar surface area (TPSA) is 76.9 Å². The van der Waals surface area contributed by atoms with Crippen LogP contribution in [-0.4, -0.2) is 58.5 Å². The lowest BCUT2D eigenvalue weighted by Gasteiger charge is -2.36. The van der Waals surface area contributed by atoms with Gasteiger partial charge in [-0.3, -0.25) is 14.5 Å². The Bertz CT molecular complexity index is 1010. The molecular weight excluding hydrogens is 384 g/mol. The predicted octanol–water partition coefficient (Wildman–Crippen LogP) is 1.75. The van der Waals surface area contributed by atoms with Crippen molar-refractivity contribution in [3.63, 3.8) is 0 Å². The molecule has 1 saturated carbocycles. The van der Waals surface area contributed by atoms with E-state index in [1.165, 1.54) is 16.3 Å². The van der Waals surface area contributed by atoms with Crippen LogP contribution in [0.3, 0.4) is 0 Å². The first-order valence-corrected chi connectivity index (χ1v) is 10.6. The van der Waals surface area contributed by atoms with Crippen molar-refractivity contribution in [3.8, 4) is 11.5 Å². The molecule has 1 aliphatic carbocycles. The van der Waals surface area contributed by atoms with Crippen LogP contribution in [0, 0.1) is 0 Å². The largest absolute Gasteiger partial charge is 0.454 e. The van der Waals surface area contributed by atoms with Gasteiger partial charge in [0.1, 0.15) is 6.04 Å². The van der Waals surface area contributed by atoms with E-state index in [9.17, 15) is 9.59 Å². The summed E-state index contributed by atoms with van der Waals surface area (Å²) >= 11 is 0. The highest BCUT2D eigenvalue weighted by atomic mass is 16.7. The van der Waals surface area contributed by atoms with Crippen LogP contribution in [0.1, 0.15) is 43.0 Å². The van der Waals surface area contributed by atoms with Gasteiger partial charge in [0, 0.05) is 44.7 Å². The van der Waals surface area contributed by atoms with Crippen molar-refractivity contribution in [1.29, 1.82) is 0 Å². The van der Waals surface area contributed by atoms with E-state index in [-0.39, 0.29) is 18.3 Å². The van der Waals surface area contributed by atoms with Gasteiger partial charge in [-0.15, -0.1) is 0 Å². The number of fused-ring (bicyclic) bond motifs is 1. The van der Waals surface area contributed by atoms with Gasteiger partial charge in [-0.2, -0.15) is 5.10 Å². The molecule has 1 saturated heterocycles. The van der Waals surface area contributed by atoms with Crippen LogP contribution in [0.15, 0.2) is 35.1 Å². The van der Waals surface area contributed by atoms with Crippen LogP contribution in [0.25, 0.3) is 0 Å². The number of benzene rings is 1. The summed E-state index contributed by atoms with van der Waals surface area (Å²) in [5, 5.41) is 4.47. The normalized spacial score (nSPS) is 19.7. The molecule has 8 nitrogen and oxygen atoms in total. The van der Waals surface area contributed by atoms with Crippen molar-refractivity contribution in [3.05, 3.63) is 51.9 Å². The molecule has 1 atom stereocenters. The number of hydrogen-bond donors (Lipinski definition) is 0. The van der Waals surface area contributed by atoms with Crippen molar-refractivity contribution in [2.75, 3.05) is 33.0 Å². The monoisotopic (exact) mass is 410 g/mol. The lowest BCUT2D eigenvalue weighted by molar-refractivity contribution is -0.136. The number of piperazine rings is 1. The Labute approximate surface area is 175 Å². The molecule has 3 aliphatic rings. The molecule has 0 bridgehead atoms. The maximum Gasteiger partial charge on any atom is 0.267 e. The van der Waals surface area contributed by atoms with E-state index in [1.54, 1.807) is 13.0 Å². The van der Waals surface area contributed by atoms with Crippen LogP contribution in [0.2, 0.25) is 0 Å². The van der Waals surface area contributed by atoms with E-state index in [0.717, 1.165) is 49.7 Å². The third kappa shape index (κ3) is 3.79. The fourth-order valence-electron chi connectivity index (χ4n) is 4.11. The van der Waals surface area contributed by atoms with Crippen LogP contribution in [0.5, 0.6) is 11.5 Å². The molecule has 1 unspecified atom stereocenters. The SMILES string of the molecule is CC(C(=O)N1CCN(Cc2ccc3c(c2)OCO3)CC1)n1nc(C2CC2)ccc1=O. The fraction of sp³-hybridized carbons (Fsp3) is 0.500. The highest BCUT2D eigenvalue weighted by Gasteiger charge is 2.29. The second-order valence-corrected chi connectivity index (χ2v) is 8.28. The lowest BCUT2D eigenvalue weighted by atomic mass is 10.1. The minimum atomic E-state index is -0.586. The summed E-state index contributed by atoms with van der Waals surface area (Å²) < 4.78 is 12.2. The number of ether oxygens (including phenoxy) is 2. The molecule has 158 valence electrons. The summed E-state index contributed by atoms with van der Waals surface area (Å²) in [6.45, 7) is 5.72. The summed E-state index contributed by atoms with van der Waals surface area (Å²) in [5.41, 5.74) is 1.87. The van der Waals surface area contributed by atoms with E-state index in [2.05, 4.69) is 16.1 Å². The van der Waals surface area contributed by atoms with E-state index in [0.29, 0.717) is 19.0 Å². The Morgan fingerprint density at radius 1 is 1.10 bits per heavy atom. The zero-order valence-electron chi connectivity index (χ0n) is 17.1. The van der Waals surface area contributed by atoms with Crippen LogP contribution in [-0.2, 0) is 11.3 Å². The molecule has 1 aromatic carbocycles. The summed E-state index contributed by atoms with van der Waals surface area (Å²) in [6, 6.07) is 8.76. The first kappa shape index (κ1) is 19.1. The van der Waals surface area contributed by atoms with Gasteiger partial charge in [0.25, 0.3) is 5.56 Å². The molecule has 8 heteroatoms. The summed E-state index contributed by atoms with van der Waals surface area (Å²) in [5.74, 6) is 1.98. The average Bonchev–Trinajstić information content (AvgIpc) is 3.51. The van der Waals surface area contributed by atoms with Crippen LogP contribution >= 0.6 is 0 Å². The van der Waals surface area contributed by atoms with Crippen LogP contribution < -0.4 is 15.0 Å². The van der Waals surface area contributed by atoms with Gasteiger partial charge in [0.2, 0.25) is 12.7 Å². The Morgan fingerprint density at radius 2 is 1.87 bits per heavy atom. The highest BCUT2D eigenvalue weighted by molar-refractivity contribution is 5.80. The van der Waals surface area contributed by atoms with Gasteiger partial charge in [-0.25, -0.2) is 4.68 Å². The maximum absolute atomic E-state index is 13.0. The van der Waals surface area contributed by atoms with E-state index in [1.807, 2.05) is 17.0 Å². The Kier molecular flexibility index (Phi) is 4.94. The smallest absolute Gasteiger partial charge is 0.267 e. The molecular formula is C22H26N4O4. The molecule has 2 aliphatic heterocycles. The molecule has 1 amide bonds. The molecule has 0 N–H and O–H groups in total. The second kappa shape index (κ2) is 7.75. The zero-order chi connectivity index (χ0) is 20.7. The third-order valence-corrected chi connectivity index (χ3v) is 6.09. The number of carbonyl (C=O) groups is 1. The second-order valence-electron chi connectivity index (χ2n) is 8.28. The summed E-state index contributed by atoms with van der Waals surface area (Å²) in [6.07, 6.45) is 2.22.